The van der Waals surface area contributed by atoms with Gasteiger partial charge in [-0.05, 0) is 37.0 Å². The van der Waals surface area contributed by atoms with Crippen LogP contribution in [0.15, 0.2) is 24.3 Å². The van der Waals surface area contributed by atoms with E-state index in [0.717, 1.165) is 24.8 Å². The van der Waals surface area contributed by atoms with Crippen molar-refractivity contribution in [1.29, 1.82) is 0 Å². The topological polar surface area (TPSA) is 47.6 Å². The second kappa shape index (κ2) is 6.56. The standard InChI is InChI=1S/C15H18F3NO3/c1-21-13(20)14(7-2-8-14)19-9-11-3-5-12(6-4-11)22-10-15(16,17)18/h3-6,19H,2,7-10H2,1H3. The molecule has 4 nitrogen and oxygen atoms in total. The molecule has 0 spiro atoms. The Bertz CT molecular complexity index is 510. The third-order valence-corrected chi connectivity index (χ3v) is 3.74. The van der Waals surface area contributed by atoms with Gasteiger partial charge in [0.2, 0.25) is 0 Å². The first-order valence-corrected chi connectivity index (χ1v) is 6.97. The van der Waals surface area contributed by atoms with E-state index < -0.39 is 18.3 Å². The maximum absolute atomic E-state index is 12.0. The van der Waals surface area contributed by atoms with Crippen molar-refractivity contribution in [1.82, 2.24) is 5.32 Å². The lowest BCUT2D eigenvalue weighted by Gasteiger charge is -2.39. The van der Waals surface area contributed by atoms with E-state index in [1.807, 2.05) is 0 Å². The molecule has 0 aromatic heterocycles. The van der Waals surface area contributed by atoms with Crippen molar-refractivity contribution in [3.8, 4) is 5.75 Å². The highest BCUT2D eigenvalue weighted by Crippen LogP contribution is 2.33. The third-order valence-electron chi connectivity index (χ3n) is 3.74. The van der Waals surface area contributed by atoms with Gasteiger partial charge in [0.15, 0.2) is 6.61 Å². The summed E-state index contributed by atoms with van der Waals surface area (Å²) in [6.07, 6.45) is -1.93. The fraction of sp³-hybridized carbons (Fsp3) is 0.533. The summed E-state index contributed by atoms with van der Waals surface area (Å²) in [5, 5.41) is 3.18. The van der Waals surface area contributed by atoms with Gasteiger partial charge in [-0.3, -0.25) is 10.1 Å². The van der Waals surface area contributed by atoms with Crippen LogP contribution < -0.4 is 10.1 Å². The molecule has 0 heterocycles. The molecule has 7 heteroatoms. The summed E-state index contributed by atoms with van der Waals surface area (Å²) in [4.78, 5) is 11.8. The average molecular weight is 317 g/mol. The van der Waals surface area contributed by atoms with E-state index in [4.69, 9.17) is 4.74 Å². The van der Waals surface area contributed by atoms with Crippen LogP contribution in [0.2, 0.25) is 0 Å². The molecule has 0 atom stereocenters. The summed E-state index contributed by atoms with van der Waals surface area (Å²) in [5.74, 6) is -0.115. The van der Waals surface area contributed by atoms with Gasteiger partial charge in [0.25, 0.3) is 0 Å². The quantitative estimate of drug-likeness (QED) is 0.820. The molecule has 22 heavy (non-hydrogen) atoms. The molecule has 122 valence electrons. The molecule has 1 fully saturated rings. The van der Waals surface area contributed by atoms with E-state index >= 15 is 0 Å². The summed E-state index contributed by atoms with van der Waals surface area (Å²) < 4.78 is 45.6. The largest absolute Gasteiger partial charge is 0.484 e. The number of methoxy groups -OCH3 is 1. The van der Waals surface area contributed by atoms with Crippen molar-refractivity contribution in [3.05, 3.63) is 29.8 Å². The lowest BCUT2D eigenvalue weighted by atomic mass is 9.76. The van der Waals surface area contributed by atoms with Crippen LogP contribution in [0, 0.1) is 0 Å². The van der Waals surface area contributed by atoms with Gasteiger partial charge in [-0.15, -0.1) is 0 Å². The molecule has 1 aromatic rings. The molecule has 0 aliphatic heterocycles. The van der Waals surface area contributed by atoms with Crippen LogP contribution in [-0.2, 0) is 16.1 Å². The Morgan fingerprint density at radius 2 is 1.91 bits per heavy atom. The first-order valence-electron chi connectivity index (χ1n) is 6.97. The molecular weight excluding hydrogens is 299 g/mol. The maximum atomic E-state index is 12.0. The molecule has 1 aromatic carbocycles. The number of rotatable bonds is 6. The van der Waals surface area contributed by atoms with Crippen LogP contribution >= 0.6 is 0 Å². The second-order valence-electron chi connectivity index (χ2n) is 5.33. The van der Waals surface area contributed by atoms with Crippen LogP contribution in [0.3, 0.4) is 0 Å². The Balaban J connectivity index is 1.87. The molecule has 0 unspecified atom stereocenters. The summed E-state index contributed by atoms with van der Waals surface area (Å²) >= 11 is 0. The highest BCUT2D eigenvalue weighted by atomic mass is 19.4. The van der Waals surface area contributed by atoms with E-state index in [-0.39, 0.29) is 11.7 Å². The second-order valence-corrected chi connectivity index (χ2v) is 5.33. The van der Waals surface area contributed by atoms with Gasteiger partial charge in [0, 0.05) is 6.54 Å². The Morgan fingerprint density at radius 1 is 1.27 bits per heavy atom. The molecule has 0 amide bonds. The number of carbonyl (C=O) groups excluding carboxylic acids is 1. The fourth-order valence-corrected chi connectivity index (χ4v) is 2.32. The Labute approximate surface area is 126 Å². The van der Waals surface area contributed by atoms with Crippen LogP contribution in [0.4, 0.5) is 13.2 Å². The molecule has 0 saturated heterocycles. The predicted octanol–water partition coefficient (Wildman–Crippen LogP) is 2.81. The van der Waals surface area contributed by atoms with E-state index in [1.165, 1.54) is 19.2 Å². The van der Waals surface area contributed by atoms with E-state index in [2.05, 4.69) is 10.1 Å². The molecule has 0 radical (unpaired) electrons. The summed E-state index contributed by atoms with van der Waals surface area (Å²) in [6.45, 7) is -0.870. The van der Waals surface area contributed by atoms with Crippen molar-refractivity contribution in [2.75, 3.05) is 13.7 Å². The summed E-state index contributed by atoms with van der Waals surface area (Å²) in [5.41, 5.74) is 0.231. The van der Waals surface area contributed by atoms with Crippen molar-refractivity contribution >= 4 is 5.97 Å². The summed E-state index contributed by atoms with van der Waals surface area (Å²) in [6, 6.07) is 6.30. The fourth-order valence-electron chi connectivity index (χ4n) is 2.32. The van der Waals surface area contributed by atoms with Gasteiger partial charge in [-0.25, -0.2) is 0 Å². The van der Waals surface area contributed by atoms with Gasteiger partial charge in [-0.1, -0.05) is 12.1 Å². The van der Waals surface area contributed by atoms with Crippen LogP contribution in [-0.4, -0.2) is 31.4 Å². The number of carbonyl (C=O) groups is 1. The lowest BCUT2D eigenvalue weighted by molar-refractivity contribution is -0.153. The smallest absolute Gasteiger partial charge is 0.422 e. The molecular formula is C15H18F3NO3. The molecule has 1 saturated carbocycles. The Hall–Kier alpha value is -1.76. The number of halogens is 3. The van der Waals surface area contributed by atoms with Crippen LogP contribution in [0.25, 0.3) is 0 Å². The van der Waals surface area contributed by atoms with Crippen LogP contribution in [0.1, 0.15) is 24.8 Å². The number of benzene rings is 1. The molecule has 1 aliphatic rings. The lowest BCUT2D eigenvalue weighted by Crippen LogP contribution is -2.57. The van der Waals surface area contributed by atoms with Crippen molar-refractivity contribution in [2.45, 2.75) is 37.5 Å². The zero-order chi connectivity index (χ0) is 16.2. The van der Waals surface area contributed by atoms with Crippen molar-refractivity contribution in [2.24, 2.45) is 0 Å². The third kappa shape index (κ3) is 4.13. The number of hydrogen-bond acceptors (Lipinski definition) is 4. The molecule has 0 bridgehead atoms. The Kier molecular flexibility index (Phi) is 4.95. The minimum atomic E-state index is -4.35. The van der Waals surface area contributed by atoms with E-state index in [0.29, 0.717) is 6.54 Å². The monoisotopic (exact) mass is 317 g/mol. The first-order chi connectivity index (χ1) is 10.3. The number of nitrogens with one attached hydrogen (secondary N) is 1. The van der Waals surface area contributed by atoms with E-state index in [9.17, 15) is 18.0 Å². The van der Waals surface area contributed by atoms with Gasteiger partial charge in [-0.2, -0.15) is 13.2 Å². The Morgan fingerprint density at radius 3 is 2.36 bits per heavy atom. The van der Waals surface area contributed by atoms with Crippen molar-refractivity contribution in [3.63, 3.8) is 0 Å². The highest BCUT2D eigenvalue weighted by molar-refractivity contribution is 5.81. The summed E-state index contributed by atoms with van der Waals surface area (Å²) in [7, 11) is 1.36. The zero-order valence-electron chi connectivity index (χ0n) is 12.2. The molecule has 1 N–H and O–H groups in total. The number of esters is 1. The van der Waals surface area contributed by atoms with E-state index in [1.54, 1.807) is 12.1 Å². The number of alkyl halides is 3. The predicted molar refractivity (Wildman–Crippen MR) is 73.4 cm³/mol. The molecule has 2 rings (SSSR count). The first kappa shape index (κ1) is 16.6. The zero-order valence-corrected chi connectivity index (χ0v) is 12.2. The maximum Gasteiger partial charge on any atom is 0.422 e. The van der Waals surface area contributed by atoms with Gasteiger partial charge in [0.1, 0.15) is 11.3 Å². The van der Waals surface area contributed by atoms with Gasteiger partial charge in [0.05, 0.1) is 7.11 Å². The van der Waals surface area contributed by atoms with Crippen molar-refractivity contribution < 1.29 is 27.4 Å². The van der Waals surface area contributed by atoms with Gasteiger partial charge >= 0.3 is 12.1 Å². The minimum Gasteiger partial charge on any atom is -0.484 e. The highest BCUT2D eigenvalue weighted by Gasteiger charge is 2.44. The minimum absolute atomic E-state index is 0.160. The van der Waals surface area contributed by atoms with Gasteiger partial charge < -0.3 is 9.47 Å². The van der Waals surface area contributed by atoms with Crippen LogP contribution in [0.5, 0.6) is 5.75 Å². The molecule has 1 aliphatic carbocycles. The average Bonchev–Trinajstić information content (AvgIpc) is 2.44. The SMILES string of the molecule is COC(=O)C1(NCc2ccc(OCC(F)(F)F)cc2)CCC1. The normalized spacial score (nSPS) is 16.7. The number of hydrogen-bond donors (Lipinski definition) is 1. The number of ether oxygens (including phenoxy) is 2.